The summed E-state index contributed by atoms with van der Waals surface area (Å²) < 4.78 is 1.40. The zero-order valence-electron chi connectivity index (χ0n) is 6.66. The molecule has 0 radical (unpaired) electrons. The van der Waals surface area contributed by atoms with E-state index in [1.807, 2.05) is 30.3 Å². The van der Waals surface area contributed by atoms with Crippen molar-refractivity contribution in [1.82, 2.24) is 20.2 Å². The molecule has 0 amide bonds. The van der Waals surface area contributed by atoms with Crippen LogP contribution in [0.5, 0.6) is 6.01 Å². The first kappa shape index (κ1) is 7.69. The van der Waals surface area contributed by atoms with Crippen LogP contribution in [0.2, 0.25) is 0 Å². The number of rotatable bonds is 2. The normalized spacial score (nSPS) is 9.92. The first-order chi connectivity index (χ1) is 6.42. The summed E-state index contributed by atoms with van der Waals surface area (Å²) >= 11 is 0. The fraction of sp³-hybridized carbons (Fsp3) is 0. The largest absolute Gasteiger partial charge is 0.370 e. The van der Waals surface area contributed by atoms with E-state index in [2.05, 4.69) is 20.4 Å². The quantitative estimate of drug-likeness (QED) is 0.649. The number of hydrogen-bond acceptors (Lipinski definition) is 5. The minimum absolute atomic E-state index is 0.159. The third-order valence-electron chi connectivity index (χ3n) is 1.55. The molecule has 0 spiro atoms. The summed E-state index contributed by atoms with van der Waals surface area (Å²) in [4.78, 5) is 4.47. The lowest BCUT2D eigenvalue weighted by molar-refractivity contribution is 0.297. The monoisotopic (exact) mass is 177 g/mol. The van der Waals surface area contributed by atoms with Gasteiger partial charge in [0.1, 0.15) is 0 Å². The van der Waals surface area contributed by atoms with E-state index < -0.39 is 0 Å². The van der Waals surface area contributed by atoms with Crippen LogP contribution in [0.25, 0.3) is 5.69 Å². The smallest absolute Gasteiger partial charge is 0.359 e. The Bertz CT molecular complexity index is 385. The highest BCUT2D eigenvalue weighted by molar-refractivity contribution is 5.31. The molecule has 0 bridgehead atoms. The van der Waals surface area contributed by atoms with Gasteiger partial charge in [0.25, 0.3) is 0 Å². The predicted octanol–water partition coefficient (Wildman–Crippen LogP) is -0.0852. The van der Waals surface area contributed by atoms with Gasteiger partial charge >= 0.3 is 6.01 Å². The minimum Gasteiger partial charge on any atom is -0.370 e. The maximum Gasteiger partial charge on any atom is 0.359 e. The zero-order chi connectivity index (χ0) is 9.10. The van der Waals surface area contributed by atoms with Crippen LogP contribution >= 0.6 is 0 Å². The van der Waals surface area contributed by atoms with Gasteiger partial charge in [-0.1, -0.05) is 23.3 Å². The SMILES string of the molecule is NOc1nnnn1-c1ccccc1. The topological polar surface area (TPSA) is 78.8 Å². The van der Waals surface area contributed by atoms with Crippen molar-refractivity contribution in [3.63, 3.8) is 0 Å². The molecule has 0 saturated carbocycles. The summed E-state index contributed by atoms with van der Waals surface area (Å²) in [6.45, 7) is 0. The molecular formula is C7H7N5O. The number of nitrogens with zero attached hydrogens (tertiary/aromatic N) is 4. The Morgan fingerprint density at radius 3 is 2.69 bits per heavy atom. The number of hydrogen-bond donors (Lipinski definition) is 1. The van der Waals surface area contributed by atoms with Crippen molar-refractivity contribution in [3.05, 3.63) is 30.3 Å². The standard InChI is InChI=1S/C7H7N5O/c8-13-7-9-10-11-12(7)6-4-2-1-3-5-6/h1-5H,8H2. The van der Waals surface area contributed by atoms with Gasteiger partial charge in [0.05, 0.1) is 5.69 Å². The highest BCUT2D eigenvalue weighted by Gasteiger charge is 2.06. The van der Waals surface area contributed by atoms with E-state index in [0.29, 0.717) is 0 Å². The summed E-state index contributed by atoms with van der Waals surface area (Å²) in [6, 6.07) is 9.50. The molecule has 13 heavy (non-hydrogen) atoms. The van der Waals surface area contributed by atoms with Crippen LogP contribution in [0.3, 0.4) is 0 Å². The van der Waals surface area contributed by atoms with Crippen molar-refractivity contribution in [1.29, 1.82) is 0 Å². The Kier molecular flexibility index (Phi) is 1.89. The van der Waals surface area contributed by atoms with E-state index in [1.54, 1.807) is 0 Å². The maximum atomic E-state index is 4.97. The average molecular weight is 177 g/mol. The summed E-state index contributed by atoms with van der Waals surface area (Å²) in [5.74, 6) is 4.97. The zero-order valence-corrected chi connectivity index (χ0v) is 6.66. The van der Waals surface area contributed by atoms with Gasteiger partial charge in [0.15, 0.2) is 0 Å². The average Bonchev–Trinajstić information content (AvgIpc) is 2.67. The molecule has 1 aromatic carbocycles. The van der Waals surface area contributed by atoms with Crippen molar-refractivity contribution in [2.24, 2.45) is 5.90 Å². The molecule has 1 heterocycles. The Morgan fingerprint density at radius 1 is 1.23 bits per heavy atom. The number of benzene rings is 1. The van der Waals surface area contributed by atoms with Gasteiger partial charge in [-0.15, -0.1) is 0 Å². The Balaban J connectivity index is 2.47. The molecule has 6 heteroatoms. The molecule has 1 aromatic heterocycles. The van der Waals surface area contributed by atoms with E-state index in [0.717, 1.165) is 5.69 Å². The van der Waals surface area contributed by atoms with Crippen LogP contribution in [-0.4, -0.2) is 20.2 Å². The molecule has 6 nitrogen and oxygen atoms in total. The first-order valence-electron chi connectivity index (χ1n) is 3.62. The number of para-hydroxylation sites is 1. The molecule has 0 aliphatic heterocycles. The molecule has 0 aliphatic carbocycles. The van der Waals surface area contributed by atoms with Gasteiger partial charge in [-0.25, -0.2) is 0 Å². The molecule has 0 saturated heterocycles. The highest BCUT2D eigenvalue weighted by Crippen LogP contribution is 2.10. The van der Waals surface area contributed by atoms with Crippen LogP contribution in [0, 0.1) is 0 Å². The van der Waals surface area contributed by atoms with Gasteiger partial charge in [-0.2, -0.15) is 10.6 Å². The Labute approximate surface area is 73.9 Å². The summed E-state index contributed by atoms with van der Waals surface area (Å²) in [6.07, 6.45) is 0. The van der Waals surface area contributed by atoms with Crippen LogP contribution in [0.15, 0.2) is 30.3 Å². The Hall–Kier alpha value is -1.95. The van der Waals surface area contributed by atoms with Crippen molar-refractivity contribution in [2.45, 2.75) is 0 Å². The lowest BCUT2D eigenvalue weighted by Crippen LogP contribution is -2.08. The third kappa shape index (κ3) is 1.34. The molecule has 2 aromatic rings. The van der Waals surface area contributed by atoms with E-state index in [9.17, 15) is 0 Å². The molecule has 2 N–H and O–H groups in total. The molecule has 0 atom stereocenters. The van der Waals surface area contributed by atoms with Gasteiger partial charge in [0.2, 0.25) is 0 Å². The fourth-order valence-electron chi connectivity index (χ4n) is 0.984. The second kappa shape index (κ2) is 3.20. The van der Waals surface area contributed by atoms with Gasteiger partial charge < -0.3 is 4.84 Å². The first-order valence-corrected chi connectivity index (χ1v) is 3.62. The van der Waals surface area contributed by atoms with E-state index >= 15 is 0 Å². The minimum atomic E-state index is 0.159. The summed E-state index contributed by atoms with van der Waals surface area (Å²) in [5.41, 5.74) is 0.799. The second-order valence-electron chi connectivity index (χ2n) is 2.33. The fourth-order valence-corrected chi connectivity index (χ4v) is 0.984. The van der Waals surface area contributed by atoms with Gasteiger partial charge in [-0.05, 0) is 22.6 Å². The van der Waals surface area contributed by atoms with Crippen LogP contribution < -0.4 is 10.7 Å². The lowest BCUT2D eigenvalue weighted by Gasteiger charge is -2.00. The molecule has 66 valence electrons. The van der Waals surface area contributed by atoms with Crippen LogP contribution in [0.4, 0.5) is 0 Å². The van der Waals surface area contributed by atoms with Crippen molar-refractivity contribution in [3.8, 4) is 11.7 Å². The maximum absolute atomic E-state index is 4.97. The van der Waals surface area contributed by atoms with E-state index in [4.69, 9.17) is 5.90 Å². The van der Waals surface area contributed by atoms with E-state index in [-0.39, 0.29) is 6.01 Å². The lowest BCUT2D eigenvalue weighted by atomic mass is 10.3. The van der Waals surface area contributed by atoms with Gasteiger partial charge in [0, 0.05) is 0 Å². The van der Waals surface area contributed by atoms with Crippen LogP contribution in [0.1, 0.15) is 0 Å². The molecular weight excluding hydrogens is 170 g/mol. The van der Waals surface area contributed by atoms with E-state index in [1.165, 1.54) is 4.68 Å². The van der Waals surface area contributed by atoms with Crippen molar-refractivity contribution < 1.29 is 4.84 Å². The molecule has 0 unspecified atom stereocenters. The van der Waals surface area contributed by atoms with Crippen molar-refractivity contribution >= 4 is 0 Å². The summed E-state index contributed by atoms with van der Waals surface area (Å²) in [7, 11) is 0. The Morgan fingerprint density at radius 2 is 2.00 bits per heavy atom. The van der Waals surface area contributed by atoms with Crippen LogP contribution in [-0.2, 0) is 0 Å². The summed E-state index contributed by atoms with van der Waals surface area (Å²) in [5, 5.41) is 10.7. The third-order valence-corrected chi connectivity index (χ3v) is 1.55. The number of aromatic nitrogens is 4. The number of nitrogens with two attached hydrogens (primary N) is 1. The van der Waals surface area contributed by atoms with Crippen molar-refractivity contribution in [2.75, 3.05) is 0 Å². The molecule has 0 fully saturated rings. The second-order valence-corrected chi connectivity index (χ2v) is 2.33. The molecule has 0 aliphatic rings. The highest BCUT2D eigenvalue weighted by atomic mass is 16.6. The predicted molar refractivity (Wildman–Crippen MR) is 44.0 cm³/mol. The molecule has 2 rings (SSSR count). The number of tetrazole rings is 1. The van der Waals surface area contributed by atoms with Gasteiger partial charge in [-0.3, -0.25) is 0 Å².